The maximum absolute atomic E-state index is 13.8. The van der Waals surface area contributed by atoms with Crippen LogP contribution in [-0.2, 0) is 6.61 Å². The second-order valence-electron chi connectivity index (χ2n) is 5.78. The molecule has 0 saturated carbocycles. The highest BCUT2D eigenvalue weighted by atomic mass is 79.9. The fourth-order valence-corrected chi connectivity index (χ4v) is 3.74. The minimum atomic E-state index is -0.282. The molecule has 0 unspecified atom stereocenters. The molecule has 0 atom stereocenters. The standard InChI is InChI=1S/C21H16Br2FNO/c1-14-6-8-18(9-7-14)25-12-16-10-17(22)11-19(23)21(16)26-13-15-4-2-3-5-20(15)24/h2-12H,13H2,1H3. The highest BCUT2D eigenvalue weighted by Gasteiger charge is 2.11. The number of rotatable bonds is 5. The number of hydrogen-bond donors (Lipinski definition) is 0. The lowest BCUT2D eigenvalue weighted by molar-refractivity contribution is 0.297. The first-order chi connectivity index (χ1) is 12.5. The first kappa shape index (κ1) is 18.8. The van der Waals surface area contributed by atoms with E-state index >= 15 is 0 Å². The van der Waals surface area contributed by atoms with E-state index in [1.165, 1.54) is 11.6 Å². The summed E-state index contributed by atoms with van der Waals surface area (Å²) < 4.78 is 21.4. The van der Waals surface area contributed by atoms with Crippen molar-refractivity contribution < 1.29 is 9.13 Å². The molecule has 0 aromatic heterocycles. The minimum absolute atomic E-state index is 0.137. The molecule has 3 rings (SSSR count). The van der Waals surface area contributed by atoms with Crippen molar-refractivity contribution in [3.05, 3.63) is 92.1 Å². The van der Waals surface area contributed by atoms with Crippen LogP contribution in [0.25, 0.3) is 0 Å². The van der Waals surface area contributed by atoms with Crippen molar-refractivity contribution in [1.29, 1.82) is 0 Å². The van der Waals surface area contributed by atoms with Gasteiger partial charge in [0.2, 0.25) is 0 Å². The van der Waals surface area contributed by atoms with Gasteiger partial charge in [0.05, 0.1) is 10.2 Å². The van der Waals surface area contributed by atoms with Gasteiger partial charge in [-0.05, 0) is 53.2 Å². The van der Waals surface area contributed by atoms with Crippen LogP contribution in [0.5, 0.6) is 5.75 Å². The lowest BCUT2D eigenvalue weighted by Gasteiger charge is -2.12. The molecule has 0 saturated heterocycles. The Labute approximate surface area is 169 Å². The van der Waals surface area contributed by atoms with Gasteiger partial charge in [0.15, 0.2) is 0 Å². The van der Waals surface area contributed by atoms with Crippen LogP contribution in [0.3, 0.4) is 0 Å². The zero-order valence-electron chi connectivity index (χ0n) is 14.0. The third-order valence-electron chi connectivity index (χ3n) is 3.75. The number of halogens is 3. The molecule has 0 spiro atoms. The van der Waals surface area contributed by atoms with E-state index in [1.807, 2.05) is 43.3 Å². The molecule has 2 nitrogen and oxygen atoms in total. The first-order valence-electron chi connectivity index (χ1n) is 7.99. The van der Waals surface area contributed by atoms with Crippen LogP contribution in [0.15, 0.2) is 74.6 Å². The van der Waals surface area contributed by atoms with Gasteiger partial charge in [0.1, 0.15) is 18.2 Å². The smallest absolute Gasteiger partial charge is 0.142 e. The molecule has 0 N–H and O–H groups in total. The monoisotopic (exact) mass is 475 g/mol. The van der Waals surface area contributed by atoms with Crippen molar-refractivity contribution in [2.45, 2.75) is 13.5 Å². The molecule has 26 heavy (non-hydrogen) atoms. The molecule has 132 valence electrons. The van der Waals surface area contributed by atoms with Crippen LogP contribution in [0.2, 0.25) is 0 Å². The molecule has 0 radical (unpaired) electrons. The highest BCUT2D eigenvalue weighted by Crippen LogP contribution is 2.33. The van der Waals surface area contributed by atoms with E-state index in [0.29, 0.717) is 11.3 Å². The number of benzene rings is 3. The number of hydrogen-bond acceptors (Lipinski definition) is 2. The maximum atomic E-state index is 13.8. The van der Waals surface area contributed by atoms with Gasteiger partial charge >= 0.3 is 0 Å². The van der Waals surface area contributed by atoms with E-state index < -0.39 is 0 Å². The fraction of sp³-hybridized carbons (Fsp3) is 0.0952. The first-order valence-corrected chi connectivity index (χ1v) is 9.57. The van der Waals surface area contributed by atoms with Crippen molar-refractivity contribution in [3.8, 4) is 5.75 Å². The molecular weight excluding hydrogens is 461 g/mol. The number of nitrogens with zero attached hydrogens (tertiary/aromatic N) is 1. The number of aryl methyl sites for hydroxylation is 1. The zero-order valence-corrected chi connectivity index (χ0v) is 17.2. The molecule has 3 aromatic carbocycles. The van der Waals surface area contributed by atoms with Crippen LogP contribution in [-0.4, -0.2) is 6.21 Å². The molecule has 0 bridgehead atoms. The van der Waals surface area contributed by atoms with Gasteiger partial charge in [-0.15, -0.1) is 0 Å². The van der Waals surface area contributed by atoms with Gasteiger partial charge in [-0.3, -0.25) is 4.99 Å². The van der Waals surface area contributed by atoms with E-state index in [0.717, 1.165) is 20.2 Å². The number of ether oxygens (including phenoxy) is 1. The second-order valence-corrected chi connectivity index (χ2v) is 7.55. The summed E-state index contributed by atoms with van der Waals surface area (Å²) in [6.07, 6.45) is 1.75. The molecule has 3 aromatic rings. The third kappa shape index (κ3) is 4.80. The number of aliphatic imine (C=N–C) groups is 1. The lowest BCUT2D eigenvalue weighted by Crippen LogP contribution is -2.01. The van der Waals surface area contributed by atoms with Gasteiger partial charge in [-0.25, -0.2) is 4.39 Å². The SMILES string of the molecule is Cc1ccc(N=Cc2cc(Br)cc(Br)c2OCc2ccccc2F)cc1. The quantitative estimate of drug-likeness (QED) is 0.363. The van der Waals surface area contributed by atoms with Gasteiger partial charge in [-0.1, -0.05) is 51.8 Å². The molecule has 0 aliphatic carbocycles. The summed E-state index contributed by atoms with van der Waals surface area (Å²) >= 11 is 7.00. The van der Waals surface area contributed by atoms with Crippen molar-refractivity contribution in [2.24, 2.45) is 4.99 Å². The highest BCUT2D eigenvalue weighted by molar-refractivity contribution is 9.11. The Morgan fingerprint density at radius 1 is 1.04 bits per heavy atom. The van der Waals surface area contributed by atoms with Crippen molar-refractivity contribution in [1.82, 2.24) is 0 Å². The molecular formula is C21H16Br2FNO. The molecule has 0 fully saturated rings. The van der Waals surface area contributed by atoms with Crippen molar-refractivity contribution in [2.75, 3.05) is 0 Å². The van der Waals surface area contributed by atoms with E-state index in [1.54, 1.807) is 24.4 Å². The average molecular weight is 477 g/mol. The average Bonchev–Trinajstić information content (AvgIpc) is 2.61. The Hall–Kier alpha value is -1.98. The van der Waals surface area contributed by atoms with E-state index in [4.69, 9.17) is 4.74 Å². The summed E-state index contributed by atoms with van der Waals surface area (Å²) in [5, 5.41) is 0. The summed E-state index contributed by atoms with van der Waals surface area (Å²) in [5.41, 5.74) is 3.33. The Kier molecular flexibility index (Phi) is 6.22. The van der Waals surface area contributed by atoms with Crippen LogP contribution >= 0.6 is 31.9 Å². The van der Waals surface area contributed by atoms with E-state index in [2.05, 4.69) is 36.9 Å². The Morgan fingerprint density at radius 2 is 1.77 bits per heavy atom. The maximum Gasteiger partial charge on any atom is 0.142 e. The van der Waals surface area contributed by atoms with E-state index in [9.17, 15) is 4.39 Å². The normalized spacial score (nSPS) is 11.1. The minimum Gasteiger partial charge on any atom is -0.487 e. The van der Waals surface area contributed by atoms with E-state index in [-0.39, 0.29) is 12.4 Å². The summed E-state index contributed by atoms with van der Waals surface area (Å²) in [4.78, 5) is 4.51. The summed E-state index contributed by atoms with van der Waals surface area (Å²) in [6.45, 7) is 2.17. The second kappa shape index (κ2) is 8.60. The Morgan fingerprint density at radius 3 is 2.50 bits per heavy atom. The zero-order chi connectivity index (χ0) is 18.5. The molecule has 0 heterocycles. The fourth-order valence-electron chi connectivity index (χ4n) is 2.37. The predicted molar refractivity (Wildman–Crippen MR) is 111 cm³/mol. The van der Waals surface area contributed by atoms with Crippen molar-refractivity contribution >= 4 is 43.8 Å². The van der Waals surface area contributed by atoms with Gasteiger partial charge in [0, 0.05) is 21.8 Å². The molecule has 0 amide bonds. The summed E-state index contributed by atoms with van der Waals surface area (Å²) in [7, 11) is 0. The van der Waals surface area contributed by atoms with Gasteiger partial charge in [0.25, 0.3) is 0 Å². The lowest BCUT2D eigenvalue weighted by atomic mass is 10.2. The summed E-state index contributed by atoms with van der Waals surface area (Å²) in [6, 6.07) is 18.3. The predicted octanol–water partition coefficient (Wildman–Crippen LogP) is 6.99. The Bertz CT molecular complexity index is 939. The summed E-state index contributed by atoms with van der Waals surface area (Å²) in [5.74, 6) is 0.336. The largest absolute Gasteiger partial charge is 0.487 e. The van der Waals surface area contributed by atoms with Crippen LogP contribution in [0.1, 0.15) is 16.7 Å². The van der Waals surface area contributed by atoms with Crippen LogP contribution in [0, 0.1) is 12.7 Å². The van der Waals surface area contributed by atoms with Gasteiger partial charge < -0.3 is 4.74 Å². The Balaban J connectivity index is 1.87. The van der Waals surface area contributed by atoms with Gasteiger partial charge in [-0.2, -0.15) is 0 Å². The third-order valence-corrected chi connectivity index (χ3v) is 4.80. The molecule has 0 aliphatic rings. The van der Waals surface area contributed by atoms with Crippen LogP contribution < -0.4 is 4.74 Å². The topological polar surface area (TPSA) is 21.6 Å². The molecule has 0 aliphatic heterocycles. The van der Waals surface area contributed by atoms with Crippen LogP contribution in [0.4, 0.5) is 10.1 Å². The molecule has 5 heteroatoms. The van der Waals surface area contributed by atoms with Crippen molar-refractivity contribution in [3.63, 3.8) is 0 Å².